The van der Waals surface area contributed by atoms with E-state index >= 15 is 0 Å². The molecule has 1 aromatic carbocycles. The molecule has 0 saturated carbocycles. The number of nitrogens with zero attached hydrogens (tertiary/aromatic N) is 1. The first-order chi connectivity index (χ1) is 9.72. The van der Waals surface area contributed by atoms with Gasteiger partial charge in [-0.15, -0.1) is 0 Å². The van der Waals surface area contributed by atoms with E-state index in [9.17, 15) is 4.79 Å². The van der Waals surface area contributed by atoms with Gasteiger partial charge < -0.3 is 10.6 Å². The Morgan fingerprint density at radius 2 is 1.85 bits per heavy atom. The van der Waals surface area contributed by atoms with Crippen molar-refractivity contribution in [2.24, 2.45) is 0 Å². The van der Waals surface area contributed by atoms with E-state index in [4.69, 9.17) is 0 Å². The number of carbonyl (C=O) groups excluding carboxylic acids is 1. The highest BCUT2D eigenvalue weighted by molar-refractivity contribution is 5.76. The first-order valence-corrected chi connectivity index (χ1v) is 7.43. The van der Waals surface area contributed by atoms with E-state index in [2.05, 4.69) is 53.6 Å². The Hall–Kier alpha value is -1.39. The maximum Gasteiger partial charge on any atom is 0.221 e. The van der Waals surface area contributed by atoms with Crippen LogP contribution in [0.5, 0.6) is 0 Å². The van der Waals surface area contributed by atoms with E-state index in [1.807, 2.05) is 13.1 Å². The predicted molar refractivity (Wildman–Crippen MR) is 83.7 cm³/mol. The van der Waals surface area contributed by atoms with Crippen LogP contribution in [0.15, 0.2) is 30.3 Å². The molecule has 0 aliphatic rings. The SMILES string of the molecule is CCN(CC)C(CNC(=O)CCNC)c1ccccc1. The van der Waals surface area contributed by atoms with Gasteiger partial charge in [0.25, 0.3) is 0 Å². The zero-order valence-corrected chi connectivity index (χ0v) is 12.9. The first kappa shape index (κ1) is 16.7. The monoisotopic (exact) mass is 277 g/mol. The van der Waals surface area contributed by atoms with Gasteiger partial charge in [0.05, 0.1) is 6.04 Å². The third kappa shape index (κ3) is 5.31. The van der Waals surface area contributed by atoms with Crippen LogP contribution in [0, 0.1) is 0 Å². The molecule has 112 valence electrons. The maximum absolute atomic E-state index is 11.8. The summed E-state index contributed by atoms with van der Waals surface area (Å²) in [5.74, 6) is 0.104. The third-order valence-electron chi connectivity index (χ3n) is 3.53. The summed E-state index contributed by atoms with van der Waals surface area (Å²) in [5, 5.41) is 6.04. The molecule has 0 fully saturated rings. The van der Waals surface area contributed by atoms with Crippen LogP contribution in [0.4, 0.5) is 0 Å². The molecule has 0 bridgehead atoms. The second-order valence-electron chi connectivity index (χ2n) is 4.81. The molecule has 0 spiro atoms. The second kappa shape index (κ2) is 9.50. The van der Waals surface area contributed by atoms with E-state index in [-0.39, 0.29) is 11.9 Å². The van der Waals surface area contributed by atoms with Crippen molar-refractivity contribution in [2.45, 2.75) is 26.3 Å². The van der Waals surface area contributed by atoms with Crippen LogP contribution in [0.1, 0.15) is 31.9 Å². The zero-order valence-electron chi connectivity index (χ0n) is 12.9. The van der Waals surface area contributed by atoms with Crippen LogP contribution < -0.4 is 10.6 Å². The Bertz CT molecular complexity index is 377. The van der Waals surface area contributed by atoms with Crippen molar-refractivity contribution in [1.29, 1.82) is 0 Å². The van der Waals surface area contributed by atoms with Gasteiger partial charge in [0.2, 0.25) is 5.91 Å². The van der Waals surface area contributed by atoms with Crippen molar-refractivity contribution in [3.05, 3.63) is 35.9 Å². The third-order valence-corrected chi connectivity index (χ3v) is 3.53. The van der Waals surface area contributed by atoms with Gasteiger partial charge in [-0.3, -0.25) is 9.69 Å². The number of hydrogen-bond donors (Lipinski definition) is 2. The molecule has 0 aliphatic carbocycles. The van der Waals surface area contributed by atoms with Gasteiger partial charge in [0.1, 0.15) is 0 Å². The fourth-order valence-electron chi connectivity index (χ4n) is 2.33. The highest BCUT2D eigenvalue weighted by atomic mass is 16.1. The van der Waals surface area contributed by atoms with Crippen molar-refractivity contribution in [2.75, 3.05) is 33.2 Å². The molecule has 20 heavy (non-hydrogen) atoms. The number of amides is 1. The fraction of sp³-hybridized carbons (Fsp3) is 0.562. The summed E-state index contributed by atoms with van der Waals surface area (Å²) in [6, 6.07) is 10.6. The smallest absolute Gasteiger partial charge is 0.221 e. The summed E-state index contributed by atoms with van der Waals surface area (Å²) < 4.78 is 0. The average Bonchev–Trinajstić information content (AvgIpc) is 2.50. The minimum atomic E-state index is 0.104. The van der Waals surface area contributed by atoms with Gasteiger partial charge in [-0.2, -0.15) is 0 Å². The number of rotatable bonds is 9. The largest absolute Gasteiger partial charge is 0.354 e. The van der Waals surface area contributed by atoms with Gasteiger partial charge in [-0.1, -0.05) is 44.2 Å². The van der Waals surface area contributed by atoms with Crippen molar-refractivity contribution in [1.82, 2.24) is 15.5 Å². The van der Waals surface area contributed by atoms with Crippen molar-refractivity contribution < 1.29 is 4.79 Å². The highest BCUT2D eigenvalue weighted by Crippen LogP contribution is 2.19. The minimum Gasteiger partial charge on any atom is -0.354 e. The van der Waals surface area contributed by atoms with E-state index in [0.29, 0.717) is 19.5 Å². The summed E-state index contributed by atoms with van der Waals surface area (Å²) >= 11 is 0. The zero-order chi connectivity index (χ0) is 14.8. The standard InChI is InChI=1S/C16H27N3O/c1-4-19(5-2)15(14-9-7-6-8-10-14)13-18-16(20)11-12-17-3/h6-10,15,17H,4-5,11-13H2,1-3H3,(H,18,20). The van der Waals surface area contributed by atoms with E-state index < -0.39 is 0 Å². The van der Waals surface area contributed by atoms with Crippen molar-refractivity contribution >= 4 is 5.91 Å². The Morgan fingerprint density at radius 3 is 2.40 bits per heavy atom. The minimum absolute atomic E-state index is 0.104. The van der Waals surface area contributed by atoms with Crippen molar-refractivity contribution in [3.63, 3.8) is 0 Å². The lowest BCUT2D eigenvalue weighted by Crippen LogP contribution is -2.38. The molecule has 2 N–H and O–H groups in total. The predicted octanol–water partition coefficient (Wildman–Crippen LogP) is 1.80. The van der Waals surface area contributed by atoms with Crippen LogP contribution in [-0.4, -0.2) is 44.0 Å². The molecule has 0 heterocycles. The molecule has 0 radical (unpaired) electrons. The van der Waals surface area contributed by atoms with Crippen LogP contribution in [0.2, 0.25) is 0 Å². The molecular weight excluding hydrogens is 250 g/mol. The molecule has 1 amide bonds. The molecule has 1 rings (SSSR count). The first-order valence-electron chi connectivity index (χ1n) is 7.43. The van der Waals surface area contributed by atoms with Gasteiger partial charge in [0, 0.05) is 19.5 Å². The Labute approximate surface area is 122 Å². The summed E-state index contributed by atoms with van der Waals surface area (Å²) in [6.45, 7) is 7.64. The summed E-state index contributed by atoms with van der Waals surface area (Å²) in [4.78, 5) is 14.1. The number of likely N-dealkylation sites (N-methyl/N-ethyl adjacent to an activating group) is 1. The van der Waals surface area contributed by atoms with Gasteiger partial charge in [-0.05, 0) is 25.7 Å². The maximum atomic E-state index is 11.8. The lowest BCUT2D eigenvalue weighted by molar-refractivity contribution is -0.121. The molecule has 4 nitrogen and oxygen atoms in total. The van der Waals surface area contributed by atoms with Crippen LogP contribution in [0.25, 0.3) is 0 Å². The molecule has 1 unspecified atom stereocenters. The fourth-order valence-corrected chi connectivity index (χ4v) is 2.33. The summed E-state index contributed by atoms with van der Waals surface area (Å²) in [6.07, 6.45) is 0.524. The van der Waals surface area contributed by atoms with E-state index in [1.165, 1.54) is 5.56 Å². The Kier molecular flexibility index (Phi) is 7.92. The Balaban J connectivity index is 2.66. The highest BCUT2D eigenvalue weighted by Gasteiger charge is 2.18. The molecule has 1 atom stereocenters. The normalized spacial score (nSPS) is 12.4. The number of benzene rings is 1. The lowest BCUT2D eigenvalue weighted by Gasteiger charge is -2.30. The molecule has 1 aromatic rings. The molecule has 0 aromatic heterocycles. The van der Waals surface area contributed by atoms with Gasteiger partial charge in [-0.25, -0.2) is 0 Å². The van der Waals surface area contributed by atoms with Crippen molar-refractivity contribution in [3.8, 4) is 0 Å². The molecule has 4 heteroatoms. The quantitative estimate of drug-likeness (QED) is 0.723. The van der Waals surface area contributed by atoms with E-state index in [0.717, 1.165) is 13.1 Å². The number of hydrogen-bond acceptors (Lipinski definition) is 3. The lowest BCUT2D eigenvalue weighted by atomic mass is 10.1. The number of carbonyl (C=O) groups is 1. The van der Waals surface area contributed by atoms with Gasteiger partial charge >= 0.3 is 0 Å². The van der Waals surface area contributed by atoms with E-state index in [1.54, 1.807) is 0 Å². The van der Waals surface area contributed by atoms with Crippen LogP contribution >= 0.6 is 0 Å². The van der Waals surface area contributed by atoms with Crippen LogP contribution in [-0.2, 0) is 4.79 Å². The summed E-state index contributed by atoms with van der Waals surface area (Å²) in [5.41, 5.74) is 1.25. The summed E-state index contributed by atoms with van der Waals surface area (Å²) in [7, 11) is 1.86. The average molecular weight is 277 g/mol. The van der Waals surface area contributed by atoms with Gasteiger partial charge in [0.15, 0.2) is 0 Å². The molecular formula is C16H27N3O. The Morgan fingerprint density at radius 1 is 1.20 bits per heavy atom. The van der Waals surface area contributed by atoms with Crippen LogP contribution in [0.3, 0.4) is 0 Å². The topological polar surface area (TPSA) is 44.4 Å². The second-order valence-corrected chi connectivity index (χ2v) is 4.81. The number of nitrogens with one attached hydrogen (secondary N) is 2. The molecule has 0 saturated heterocycles. The molecule has 0 aliphatic heterocycles.